The van der Waals surface area contributed by atoms with E-state index in [9.17, 15) is 5.11 Å². The van der Waals surface area contributed by atoms with Gasteiger partial charge in [-0.2, -0.15) is 0 Å². The lowest BCUT2D eigenvalue weighted by atomic mass is 10.1. The molecule has 0 spiro atoms. The molecule has 0 radical (unpaired) electrons. The molecule has 0 amide bonds. The number of benzene rings is 1. The quantitative estimate of drug-likeness (QED) is 0.460. The summed E-state index contributed by atoms with van der Waals surface area (Å²) in [5.74, 6) is 0. The second kappa shape index (κ2) is 22.6. The SMILES string of the molecule is C#C.C/C=C\C(/C=N/CN)=NCC.CC.N=C1C=CC=CC1.OC1Cc2ccccc2C1. The number of allylic oxidation sites excluding steroid dienone is 6. The zero-order chi connectivity index (χ0) is 24.6. The Morgan fingerprint density at radius 3 is 2.16 bits per heavy atom. The molecule has 1 aromatic rings. The fourth-order valence-corrected chi connectivity index (χ4v) is 2.69. The van der Waals surface area contributed by atoms with Gasteiger partial charge in [-0.05, 0) is 50.0 Å². The van der Waals surface area contributed by atoms with Crippen molar-refractivity contribution in [3.63, 3.8) is 0 Å². The molecule has 0 saturated carbocycles. The van der Waals surface area contributed by atoms with Crippen molar-refractivity contribution in [1.82, 2.24) is 0 Å². The number of rotatable bonds is 4. The number of terminal acetylenes is 1. The van der Waals surface area contributed by atoms with Gasteiger partial charge in [0.2, 0.25) is 0 Å². The van der Waals surface area contributed by atoms with Gasteiger partial charge in [0, 0.05) is 24.9 Å². The maximum absolute atomic E-state index is 9.25. The summed E-state index contributed by atoms with van der Waals surface area (Å²) in [6.07, 6.45) is 23.5. The number of nitrogens with one attached hydrogen (secondary N) is 1. The molecule has 3 rings (SSSR count). The minimum Gasteiger partial charge on any atom is -0.392 e. The monoisotopic (exact) mass is 436 g/mol. The van der Waals surface area contributed by atoms with Crippen molar-refractivity contribution in [3.8, 4) is 12.8 Å². The van der Waals surface area contributed by atoms with Crippen LogP contribution >= 0.6 is 0 Å². The van der Waals surface area contributed by atoms with Gasteiger partial charge in [0.15, 0.2) is 0 Å². The van der Waals surface area contributed by atoms with Crippen molar-refractivity contribution in [3.05, 3.63) is 71.8 Å². The van der Waals surface area contributed by atoms with E-state index in [4.69, 9.17) is 11.1 Å². The number of hydrogen-bond donors (Lipinski definition) is 3. The highest BCUT2D eigenvalue weighted by atomic mass is 16.3. The van der Waals surface area contributed by atoms with E-state index in [0.717, 1.165) is 31.5 Å². The Labute approximate surface area is 195 Å². The lowest BCUT2D eigenvalue weighted by Crippen LogP contribution is -2.03. The summed E-state index contributed by atoms with van der Waals surface area (Å²) in [5.41, 5.74) is 9.39. The minimum absolute atomic E-state index is 0.127. The highest BCUT2D eigenvalue weighted by molar-refractivity contribution is 6.35. The topological polar surface area (TPSA) is 94.8 Å². The van der Waals surface area contributed by atoms with Crippen molar-refractivity contribution in [2.75, 3.05) is 13.2 Å². The molecule has 32 heavy (non-hydrogen) atoms. The fourth-order valence-electron chi connectivity index (χ4n) is 2.69. The molecule has 0 fully saturated rings. The first-order valence-electron chi connectivity index (χ1n) is 11.0. The van der Waals surface area contributed by atoms with Crippen LogP contribution < -0.4 is 5.73 Å². The molecule has 4 N–H and O–H groups in total. The first-order valence-corrected chi connectivity index (χ1v) is 11.0. The van der Waals surface area contributed by atoms with Crippen molar-refractivity contribution < 1.29 is 5.11 Å². The lowest BCUT2D eigenvalue weighted by Gasteiger charge is -1.93. The number of aliphatic hydroxyl groups excluding tert-OH is 1. The summed E-state index contributed by atoms with van der Waals surface area (Å²) in [7, 11) is 0. The molecule has 0 unspecified atom stereocenters. The van der Waals surface area contributed by atoms with E-state index >= 15 is 0 Å². The van der Waals surface area contributed by atoms with Crippen LogP contribution in [0.5, 0.6) is 0 Å². The average molecular weight is 437 g/mol. The first kappa shape index (κ1) is 31.1. The number of hydrogen-bond acceptors (Lipinski definition) is 5. The third-order valence-electron chi connectivity index (χ3n) is 3.92. The molecule has 2 aliphatic rings. The van der Waals surface area contributed by atoms with Gasteiger partial charge in [0.25, 0.3) is 0 Å². The van der Waals surface area contributed by atoms with Crippen LogP contribution in [0.3, 0.4) is 0 Å². The van der Waals surface area contributed by atoms with Crippen molar-refractivity contribution in [1.29, 1.82) is 5.41 Å². The lowest BCUT2D eigenvalue weighted by molar-refractivity contribution is 0.187. The van der Waals surface area contributed by atoms with E-state index in [1.165, 1.54) is 11.1 Å². The third-order valence-corrected chi connectivity index (χ3v) is 3.92. The van der Waals surface area contributed by atoms with Crippen LogP contribution in [-0.4, -0.2) is 42.1 Å². The number of nitrogens with two attached hydrogens (primary N) is 1. The Morgan fingerprint density at radius 1 is 1.19 bits per heavy atom. The Balaban J connectivity index is 0. The Kier molecular flexibility index (Phi) is 22.0. The molecule has 2 aliphatic carbocycles. The molecule has 174 valence electrons. The summed E-state index contributed by atoms with van der Waals surface area (Å²) in [5, 5.41) is 16.3. The predicted molar refractivity (Wildman–Crippen MR) is 142 cm³/mol. The van der Waals surface area contributed by atoms with Gasteiger partial charge in [-0.25, -0.2) is 0 Å². The Morgan fingerprint density at radius 2 is 1.78 bits per heavy atom. The molecule has 0 aliphatic heterocycles. The average Bonchev–Trinajstić information content (AvgIpc) is 3.22. The zero-order valence-corrected chi connectivity index (χ0v) is 20.0. The van der Waals surface area contributed by atoms with Gasteiger partial charge in [-0.3, -0.25) is 9.98 Å². The van der Waals surface area contributed by atoms with Gasteiger partial charge < -0.3 is 16.2 Å². The van der Waals surface area contributed by atoms with Crippen LogP contribution in [0, 0.1) is 18.3 Å². The highest BCUT2D eigenvalue weighted by Gasteiger charge is 2.17. The summed E-state index contributed by atoms with van der Waals surface area (Å²) in [6.45, 7) is 9.03. The molecule has 0 saturated heterocycles. The summed E-state index contributed by atoms with van der Waals surface area (Å²) in [4.78, 5) is 8.06. The summed E-state index contributed by atoms with van der Waals surface area (Å²) >= 11 is 0. The first-order chi connectivity index (χ1) is 15.6. The normalized spacial score (nSPS) is 14.2. The summed E-state index contributed by atoms with van der Waals surface area (Å²) in [6, 6.07) is 8.23. The molecular weight excluding hydrogens is 396 g/mol. The molecular formula is C27H40N4O. The molecule has 0 heterocycles. The van der Waals surface area contributed by atoms with Crippen molar-refractivity contribution in [2.24, 2.45) is 15.7 Å². The molecule has 1 aromatic carbocycles. The van der Waals surface area contributed by atoms with E-state index in [-0.39, 0.29) is 6.10 Å². The van der Waals surface area contributed by atoms with E-state index < -0.39 is 0 Å². The van der Waals surface area contributed by atoms with Crippen LogP contribution in [0.4, 0.5) is 0 Å². The smallest absolute Gasteiger partial charge is 0.0860 e. The second-order valence-corrected chi connectivity index (χ2v) is 6.24. The van der Waals surface area contributed by atoms with Crippen LogP contribution in [0.25, 0.3) is 0 Å². The van der Waals surface area contributed by atoms with Crippen molar-refractivity contribution in [2.45, 2.75) is 53.1 Å². The van der Waals surface area contributed by atoms with Crippen LogP contribution in [0.2, 0.25) is 0 Å². The molecule has 0 atom stereocenters. The maximum atomic E-state index is 9.25. The fraction of sp³-hybridized carbons (Fsp3) is 0.370. The van der Waals surface area contributed by atoms with Crippen LogP contribution in [-0.2, 0) is 12.8 Å². The zero-order valence-electron chi connectivity index (χ0n) is 20.0. The summed E-state index contributed by atoms with van der Waals surface area (Å²) < 4.78 is 0. The number of aliphatic hydroxyl groups is 1. The molecule has 5 nitrogen and oxygen atoms in total. The van der Waals surface area contributed by atoms with Crippen LogP contribution in [0.1, 0.15) is 45.2 Å². The molecule has 0 aromatic heterocycles. The molecule has 5 heteroatoms. The van der Waals surface area contributed by atoms with E-state index in [1.807, 2.05) is 70.2 Å². The van der Waals surface area contributed by atoms with E-state index in [1.54, 1.807) is 12.3 Å². The second-order valence-electron chi connectivity index (χ2n) is 6.24. The van der Waals surface area contributed by atoms with Crippen LogP contribution in [0.15, 0.2) is 70.7 Å². The molecule has 0 bridgehead atoms. The van der Waals surface area contributed by atoms with E-state index in [2.05, 4.69) is 35.0 Å². The number of fused-ring (bicyclic) bond motifs is 1. The van der Waals surface area contributed by atoms with Gasteiger partial charge >= 0.3 is 0 Å². The van der Waals surface area contributed by atoms with E-state index in [0.29, 0.717) is 12.4 Å². The Bertz CT molecular complexity index is 761. The number of aliphatic imine (C=N–C) groups is 2. The Hall–Kier alpha value is -3.07. The number of nitrogens with zero attached hydrogens (tertiary/aromatic N) is 2. The van der Waals surface area contributed by atoms with Gasteiger partial charge in [-0.15, -0.1) is 12.8 Å². The maximum Gasteiger partial charge on any atom is 0.0860 e. The van der Waals surface area contributed by atoms with Gasteiger partial charge in [-0.1, -0.05) is 62.4 Å². The standard InChI is InChI=1S/C9H10O.C8H15N3.C6H7N.C2H6.C2H2/c10-9-5-7-3-1-2-4-8(7)6-9;1-3-5-8(11-4-2)6-10-7-9;7-6-4-2-1-3-5-6;2*1-2/h1-4,9-10H,5-6H2;3,5-6H,4,7,9H2,1-2H3;1-4,7H,5H2;1-2H3;1-2H/b;5-3-,10-6+,11-8?;;;. The van der Waals surface area contributed by atoms with Gasteiger partial charge in [0.1, 0.15) is 0 Å². The van der Waals surface area contributed by atoms with Gasteiger partial charge in [0.05, 0.1) is 18.5 Å². The van der Waals surface area contributed by atoms with Crippen molar-refractivity contribution >= 4 is 17.6 Å². The largest absolute Gasteiger partial charge is 0.392 e. The highest BCUT2D eigenvalue weighted by Crippen LogP contribution is 2.20. The minimum atomic E-state index is -0.127. The third kappa shape index (κ3) is 15.7. The predicted octanol–water partition coefficient (Wildman–Crippen LogP) is 4.95.